The van der Waals surface area contributed by atoms with Crippen LogP contribution in [0.3, 0.4) is 0 Å². The molecule has 1 saturated carbocycles. The molecule has 0 aromatic carbocycles. The third kappa shape index (κ3) is 3.64. The Hall–Kier alpha value is -2.27. The molecule has 2 aliphatic rings. The average Bonchev–Trinajstić information content (AvgIpc) is 2.97. The number of allylic oxidation sites excluding steroid dienone is 6. The molecule has 1 aromatic rings. The van der Waals surface area contributed by atoms with Gasteiger partial charge in [-0.2, -0.15) is 0 Å². The molecule has 1 heterocycles. The van der Waals surface area contributed by atoms with E-state index in [1.165, 1.54) is 6.92 Å². The Kier molecular flexibility index (Phi) is 6.32. The van der Waals surface area contributed by atoms with E-state index < -0.39 is 11.5 Å². The fourth-order valence-electron chi connectivity index (χ4n) is 5.73. The Morgan fingerprint density at radius 1 is 1.30 bits per heavy atom. The van der Waals surface area contributed by atoms with Gasteiger partial charge in [0.25, 0.3) is 0 Å². The van der Waals surface area contributed by atoms with E-state index in [1.54, 1.807) is 0 Å². The first-order valence-electron chi connectivity index (χ1n) is 11.0. The van der Waals surface area contributed by atoms with E-state index >= 15 is 0 Å². The molecule has 6 unspecified atom stereocenters. The number of H-pyrrole nitrogens is 1. The van der Waals surface area contributed by atoms with E-state index in [-0.39, 0.29) is 40.5 Å². The van der Waals surface area contributed by atoms with E-state index in [0.29, 0.717) is 11.8 Å². The summed E-state index contributed by atoms with van der Waals surface area (Å²) in [5, 5.41) is 31.1. The number of aromatic hydroxyl groups is 2. The molecule has 0 bridgehead atoms. The zero-order valence-electron chi connectivity index (χ0n) is 18.6. The summed E-state index contributed by atoms with van der Waals surface area (Å²) in [6, 6.07) is 0. The van der Waals surface area contributed by atoms with Crippen molar-refractivity contribution in [2.75, 3.05) is 0 Å². The van der Waals surface area contributed by atoms with Gasteiger partial charge in [0.2, 0.25) is 5.88 Å². The number of aromatic nitrogens is 1. The van der Waals surface area contributed by atoms with Gasteiger partial charge in [0, 0.05) is 11.3 Å². The number of ketones is 1. The topological polar surface area (TPSA) is 93.5 Å². The van der Waals surface area contributed by atoms with Crippen molar-refractivity contribution in [3.8, 4) is 11.6 Å². The number of carbonyl (C=O) groups is 1. The van der Waals surface area contributed by atoms with Crippen LogP contribution in [0.4, 0.5) is 0 Å². The van der Waals surface area contributed by atoms with Gasteiger partial charge in [0.05, 0.1) is 11.8 Å². The number of aliphatic hydroxyl groups excluding tert-OH is 1. The number of fused-ring (bicyclic) bond motifs is 1. The Morgan fingerprint density at radius 3 is 2.60 bits per heavy atom. The smallest absolute Gasteiger partial charge is 0.203 e. The van der Waals surface area contributed by atoms with Crippen LogP contribution in [-0.4, -0.2) is 26.1 Å². The van der Waals surface area contributed by atoms with Gasteiger partial charge >= 0.3 is 0 Å². The summed E-state index contributed by atoms with van der Waals surface area (Å²) in [4.78, 5) is 16.6. The van der Waals surface area contributed by atoms with E-state index in [1.807, 2.05) is 32.1 Å². The quantitative estimate of drug-likeness (QED) is 0.294. The lowest BCUT2D eigenvalue weighted by Gasteiger charge is -2.51. The van der Waals surface area contributed by atoms with Crippen LogP contribution in [0.25, 0.3) is 0 Å². The molecule has 6 atom stereocenters. The number of carbonyl (C=O) groups excluding carboxylic acids is 1. The highest BCUT2D eigenvalue weighted by molar-refractivity contribution is 6.05. The van der Waals surface area contributed by atoms with Gasteiger partial charge in [-0.25, -0.2) is 0 Å². The number of aromatic amines is 1. The Bertz CT molecular complexity index is 891. The summed E-state index contributed by atoms with van der Waals surface area (Å²) in [5.41, 5.74) is 0.295. The van der Waals surface area contributed by atoms with Crippen molar-refractivity contribution in [2.45, 2.75) is 60.0 Å². The fourth-order valence-corrected chi connectivity index (χ4v) is 5.73. The molecule has 0 amide bonds. The molecule has 1 fully saturated rings. The number of Topliss-reactive ketones (excluding diaryl/α,β-unsaturated/α-hetero) is 1. The Balaban J connectivity index is 2.16. The minimum Gasteiger partial charge on any atom is -0.505 e. The molecule has 5 nitrogen and oxygen atoms in total. The lowest BCUT2D eigenvalue weighted by Crippen LogP contribution is -2.49. The molecule has 2 aliphatic carbocycles. The van der Waals surface area contributed by atoms with Gasteiger partial charge < -0.3 is 20.3 Å². The van der Waals surface area contributed by atoms with Crippen LogP contribution in [-0.2, 0) is 0 Å². The third-order valence-electron chi connectivity index (χ3n) is 7.27. The summed E-state index contributed by atoms with van der Waals surface area (Å²) in [6.45, 7) is 9.75. The molecular formula is C25H35NO4. The van der Waals surface area contributed by atoms with Gasteiger partial charge in [-0.05, 0) is 51.4 Å². The monoisotopic (exact) mass is 413 g/mol. The van der Waals surface area contributed by atoms with Crippen molar-refractivity contribution in [3.05, 3.63) is 47.2 Å². The average molecular weight is 414 g/mol. The fraction of sp³-hybridized carbons (Fsp3) is 0.560. The Labute approximate surface area is 179 Å². The number of aliphatic hydroxyl groups is 1. The van der Waals surface area contributed by atoms with Crippen molar-refractivity contribution >= 4 is 5.78 Å². The first kappa shape index (κ1) is 22.4. The highest BCUT2D eigenvalue weighted by Gasteiger charge is 2.54. The maximum atomic E-state index is 14.0. The number of rotatable bonds is 5. The summed E-state index contributed by atoms with van der Waals surface area (Å²) in [6.07, 6.45) is 12.3. The molecule has 0 saturated heterocycles. The molecule has 0 radical (unpaired) electrons. The van der Waals surface area contributed by atoms with Crippen LogP contribution in [0.1, 0.15) is 76.0 Å². The largest absolute Gasteiger partial charge is 0.505 e. The summed E-state index contributed by atoms with van der Waals surface area (Å²) in [7, 11) is 0. The summed E-state index contributed by atoms with van der Waals surface area (Å²) < 4.78 is 0. The zero-order valence-corrected chi connectivity index (χ0v) is 18.6. The molecule has 4 N–H and O–H groups in total. The van der Waals surface area contributed by atoms with E-state index in [9.17, 15) is 20.1 Å². The van der Waals surface area contributed by atoms with Crippen LogP contribution in [0.2, 0.25) is 0 Å². The van der Waals surface area contributed by atoms with E-state index in [2.05, 4.69) is 31.0 Å². The number of hydrogen-bond acceptors (Lipinski definition) is 4. The third-order valence-corrected chi connectivity index (χ3v) is 7.27. The first-order chi connectivity index (χ1) is 14.1. The van der Waals surface area contributed by atoms with Crippen molar-refractivity contribution in [2.24, 2.45) is 29.1 Å². The van der Waals surface area contributed by atoms with Crippen LogP contribution in [0, 0.1) is 29.1 Å². The van der Waals surface area contributed by atoms with Gasteiger partial charge in [-0.1, -0.05) is 56.2 Å². The van der Waals surface area contributed by atoms with Gasteiger partial charge in [0.1, 0.15) is 5.56 Å². The summed E-state index contributed by atoms with van der Waals surface area (Å²) >= 11 is 0. The lowest BCUT2D eigenvalue weighted by molar-refractivity contribution is 0.0326. The van der Waals surface area contributed by atoms with Gasteiger partial charge in [0.15, 0.2) is 11.5 Å². The van der Waals surface area contributed by atoms with Crippen LogP contribution in [0.5, 0.6) is 11.6 Å². The maximum absolute atomic E-state index is 14.0. The van der Waals surface area contributed by atoms with E-state index in [4.69, 9.17) is 0 Å². The molecule has 5 heteroatoms. The van der Waals surface area contributed by atoms with Gasteiger partial charge in [-0.3, -0.25) is 4.79 Å². The molecule has 1 aromatic heterocycles. The normalized spacial score (nSPS) is 32.9. The van der Waals surface area contributed by atoms with E-state index in [0.717, 1.165) is 24.8 Å². The van der Waals surface area contributed by atoms with Crippen molar-refractivity contribution in [1.29, 1.82) is 0 Å². The van der Waals surface area contributed by atoms with Gasteiger partial charge in [-0.15, -0.1) is 0 Å². The molecule has 3 rings (SSSR count). The minimum absolute atomic E-state index is 0.0670. The van der Waals surface area contributed by atoms with Crippen molar-refractivity contribution in [3.63, 3.8) is 0 Å². The first-order valence-corrected chi connectivity index (χ1v) is 11.0. The number of nitrogens with one attached hydrogen (secondary N) is 1. The second kappa shape index (κ2) is 8.46. The standard InChI is InChI=1S/C25H35NO4/c1-6-7-8-9-18-15(3)13-17-12-14(2)10-11-19(17)25(18,5)23(29)20-22(28)21(16(4)27)26-24(20)30/h6-9,13-14,16-19,26-28,30H,10-12H2,1-5H3. The van der Waals surface area contributed by atoms with Crippen LogP contribution in [0.15, 0.2) is 36.0 Å². The number of hydrogen-bond donors (Lipinski definition) is 4. The minimum atomic E-state index is -1.02. The molecule has 0 spiro atoms. The SMILES string of the molecule is CC=CC=CC1C(C)=CC2CC(C)CCC2C1(C)C(=O)c1c(O)[nH]c(C(C)O)c1O. The Morgan fingerprint density at radius 2 is 2.00 bits per heavy atom. The maximum Gasteiger partial charge on any atom is 0.203 e. The highest BCUT2D eigenvalue weighted by atomic mass is 16.3. The molecular weight excluding hydrogens is 378 g/mol. The van der Waals surface area contributed by atoms with Crippen LogP contribution < -0.4 is 0 Å². The predicted octanol–water partition coefficient (Wildman–Crippen LogP) is 5.43. The highest BCUT2D eigenvalue weighted by Crippen LogP contribution is 2.57. The molecule has 164 valence electrons. The summed E-state index contributed by atoms with van der Waals surface area (Å²) in [5.74, 6) is -0.105. The lowest BCUT2D eigenvalue weighted by atomic mass is 9.51. The second-order valence-corrected chi connectivity index (χ2v) is 9.39. The molecule has 30 heavy (non-hydrogen) atoms. The van der Waals surface area contributed by atoms with Crippen molar-refractivity contribution in [1.82, 2.24) is 4.98 Å². The predicted molar refractivity (Wildman–Crippen MR) is 118 cm³/mol. The van der Waals surface area contributed by atoms with Crippen LogP contribution >= 0.6 is 0 Å². The molecule has 0 aliphatic heterocycles. The zero-order chi connectivity index (χ0) is 22.2. The second-order valence-electron chi connectivity index (χ2n) is 9.39. The van der Waals surface area contributed by atoms with Crippen molar-refractivity contribution < 1.29 is 20.1 Å².